The van der Waals surface area contributed by atoms with Gasteiger partial charge in [0.25, 0.3) is 7.82 Å². The fraction of sp³-hybridized carbons (Fsp3) is 0.944. The molecule has 36 heavy (non-hydrogen) atoms. The van der Waals surface area contributed by atoms with Crippen LogP contribution in [0, 0.1) is 12.0 Å². The van der Waals surface area contributed by atoms with E-state index in [1.165, 1.54) is 7.17 Å². The third-order valence-corrected chi connectivity index (χ3v) is 6.59. The number of rotatable bonds is 13. The van der Waals surface area contributed by atoms with Gasteiger partial charge in [0.2, 0.25) is 7.82 Å². The standard InChI is InChI=1S/C18H33B3O11P2.2Y/c1-11(2)26-8-14-13(7-17(21-20)30-14)32-33(22,23)27-9-15-12(6-16(19)29-15)31-34(24,25)28-10-18(3,4)5;;/h9,11-17H,6-8,10H2,1-5H3,(H,22,23)(H,24,25);;/q-1;;/p-2/t12-,13-,14-,15-,16-,17-;;/m1../s1. The molecule has 2 fully saturated rings. The molecule has 8 atom stereocenters. The summed E-state index contributed by atoms with van der Waals surface area (Å²) >= 11 is 0. The van der Waals surface area contributed by atoms with Gasteiger partial charge in [-0.15, -0.1) is 0 Å². The number of phosphoric ester groups is 2. The topological polar surface area (TPSA) is 145 Å². The summed E-state index contributed by atoms with van der Waals surface area (Å²) < 4.78 is 61.0. The first-order chi connectivity index (χ1) is 15.6. The van der Waals surface area contributed by atoms with Crippen LogP contribution in [0.15, 0.2) is 0 Å². The molecular weight excluding hydrogens is 664 g/mol. The summed E-state index contributed by atoms with van der Waals surface area (Å²) in [5.41, 5.74) is -0.421. The normalized spacial score (nSPS) is 31.8. The zero-order chi connectivity index (χ0) is 25.7. The third kappa shape index (κ3) is 14.4. The van der Waals surface area contributed by atoms with E-state index in [0.29, 0.717) is 0 Å². The second kappa shape index (κ2) is 16.8. The first-order valence-corrected chi connectivity index (χ1v) is 13.9. The van der Waals surface area contributed by atoms with Gasteiger partial charge in [-0.2, -0.15) is 6.61 Å². The Balaban J connectivity index is 0.00000612. The summed E-state index contributed by atoms with van der Waals surface area (Å²) in [5, 5.41) is 0. The van der Waals surface area contributed by atoms with Crippen LogP contribution in [0.3, 0.4) is 0 Å². The van der Waals surface area contributed by atoms with E-state index in [4.69, 9.17) is 47.9 Å². The van der Waals surface area contributed by atoms with Crippen LogP contribution in [0.25, 0.3) is 0 Å². The van der Waals surface area contributed by atoms with Gasteiger partial charge in [0.05, 0.1) is 38.7 Å². The maximum absolute atomic E-state index is 12.5. The van der Waals surface area contributed by atoms with Crippen molar-refractivity contribution in [1.82, 2.24) is 0 Å². The van der Waals surface area contributed by atoms with E-state index in [1.807, 2.05) is 13.8 Å². The molecule has 2 saturated heterocycles. The Labute approximate surface area is 267 Å². The molecule has 2 aliphatic rings. The third-order valence-electron chi connectivity index (χ3n) is 4.71. The maximum Gasteiger partial charge on any atom is 0.268 e. The Kier molecular flexibility index (Phi) is 18.0. The SMILES string of the molecule is [B][B][C@H]1C[C@@H](OP(=O)([O-])O[CH-][C@H]2O[C@@H]([B])C[C@H]2OP(=O)([O-])OCC(C)(C)C)[C@@H](COC(C)C)O1.[Y].[Y]. The van der Waals surface area contributed by atoms with Gasteiger partial charge in [-0.3, -0.25) is 9.13 Å². The predicted molar refractivity (Wildman–Crippen MR) is 121 cm³/mol. The van der Waals surface area contributed by atoms with E-state index in [1.54, 1.807) is 20.8 Å². The van der Waals surface area contributed by atoms with Gasteiger partial charge in [-0.05, 0) is 38.2 Å². The molecule has 2 heterocycles. The van der Waals surface area contributed by atoms with Crippen molar-refractivity contribution >= 4 is 38.4 Å². The molecule has 0 N–H and O–H groups in total. The van der Waals surface area contributed by atoms with Crippen LogP contribution in [0.4, 0.5) is 0 Å². The summed E-state index contributed by atoms with van der Waals surface area (Å²) in [7, 11) is 2.92. The molecular formula is C18H31B3O11P2Y2-3. The summed E-state index contributed by atoms with van der Waals surface area (Å²) in [6.45, 7) is 9.80. The molecule has 0 saturated carbocycles. The fourth-order valence-corrected chi connectivity index (χ4v) is 5.16. The van der Waals surface area contributed by atoms with E-state index >= 15 is 0 Å². The Hall–Kier alpha value is 2.50. The van der Waals surface area contributed by atoms with Crippen molar-refractivity contribution in [2.24, 2.45) is 5.41 Å². The molecule has 2 rings (SSSR count). The molecule has 2 aliphatic heterocycles. The molecule has 197 valence electrons. The van der Waals surface area contributed by atoms with Crippen molar-refractivity contribution < 1.29 is 117 Å². The van der Waals surface area contributed by atoms with Crippen molar-refractivity contribution in [3.63, 3.8) is 0 Å². The van der Waals surface area contributed by atoms with Crippen molar-refractivity contribution in [1.29, 1.82) is 0 Å². The molecule has 18 heteroatoms. The molecule has 7 radical (unpaired) electrons. The van der Waals surface area contributed by atoms with Crippen molar-refractivity contribution in [2.75, 3.05) is 13.2 Å². The van der Waals surface area contributed by atoms with E-state index in [0.717, 1.165) is 6.61 Å². The van der Waals surface area contributed by atoms with Gasteiger partial charge in [-0.1, -0.05) is 20.8 Å². The van der Waals surface area contributed by atoms with Crippen molar-refractivity contribution in [2.45, 2.75) is 90.0 Å². The number of ether oxygens (including phenoxy) is 3. The zero-order valence-electron chi connectivity index (χ0n) is 21.2. The summed E-state index contributed by atoms with van der Waals surface area (Å²) in [6, 6.07) is -1.41. The Morgan fingerprint density at radius 2 is 1.69 bits per heavy atom. The fourth-order valence-electron chi connectivity index (χ4n) is 3.14. The summed E-state index contributed by atoms with van der Waals surface area (Å²) in [4.78, 5) is 24.6. The quantitative estimate of drug-likeness (QED) is 0.151. The predicted octanol–water partition coefficient (Wildman–Crippen LogP) is 0.541. The summed E-state index contributed by atoms with van der Waals surface area (Å²) in [6.07, 6.45) is -3.87. The minimum absolute atomic E-state index is 0. The number of hydrogen-bond donors (Lipinski definition) is 0. The molecule has 0 amide bonds. The van der Waals surface area contributed by atoms with E-state index < -0.39 is 57.5 Å². The number of hydrogen-bond acceptors (Lipinski definition) is 11. The van der Waals surface area contributed by atoms with E-state index in [2.05, 4.69) is 0 Å². The maximum atomic E-state index is 12.5. The first kappa shape index (κ1) is 38.5. The monoisotopic (exact) mass is 696 g/mol. The molecule has 0 aromatic carbocycles. The minimum Gasteiger partial charge on any atom is -0.758 e. The Morgan fingerprint density at radius 3 is 2.25 bits per heavy atom. The molecule has 0 bridgehead atoms. The second-order valence-electron chi connectivity index (χ2n) is 9.66. The van der Waals surface area contributed by atoms with Gasteiger partial charge >= 0.3 is 0 Å². The minimum atomic E-state index is -4.90. The molecule has 0 spiro atoms. The second-order valence-corrected chi connectivity index (χ2v) is 12.3. The van der Waals surface area contributed by atoms with Crippen LogP contribution >= 0.6 is 15.6 Å². The van der Waals surface area contributed by atoms with Gasteiger partial charge in [0.15, 0.2) is 0 Å². The van der Waals surface area contributed by atoms with E-state index in [-0.39, 0.29) is 97.6 Å². The summed E-state index contributed by atoms with van der Waals surface area (Å²) in [5.74, 6) is 0. The Morgan fingerprint density at radius 1 is 1.08 bits per heavy atom. The van der Waals surface area contributed by atoms with Crippen LogP contribution in [0.2, 0.25) is 0 Å². The van der Waals surface area contributed by atoms with Gasteiger partial charge in [0, 0.05) is 85.2 Å². The van der Waals surface area contributed by atoms with Crippen LogP contribution in [-0.4, -0.2) is 78.5 Å². The molecule has 0 aromatic heterocycles. The average molecular weight is 696 g/mol. The Bertz CT molecular complexity index is 750. The van der Waals surface area contributed by atoms with Gasteiger partial charge < -0.3 is 42.1 Å². The van der Waals surface area contributed by atoms with Crippen LogP contribution in [0.1, 0.15) is 47.5 Å². The van der Waals surface area contributed by atoms with Gasteiger partial charge in [-0.25, -0.2) is 0 Å². The van der Waals surface area contributed by atoms with E-state index in [9.17, 15) is 18.9 Å². The molecule has 0 aliphatic carbocycles. The number of phosphoric acid groups is 2. The van der Waals surface area contributed by atoms with Crippen LogP contribution < -0.4 is 9.79 Å². The van der Waals surface area contributed by atoms with Crippen LogP contribution in [-0.2, 0) is 107 Å². The zero-order valence-corrected chi connectivity index (χ0v) is 28.7. The largest absolute Gasteiger partial charge is 0.758 e. The average Bonchev–Trinajstić information content (AvgIpc) is 3.24. The van der Waals surface area contributed by atoms with Crippen molar-refractivity contribution in [3.05, 3.63) is 6.61 Å². The first-order valence-electron chi connectivity index (χ1n) is 11.0. The van der Waals surface area contributed by atoms with Crippen molar-refractivity contribution in [3.8, 4) is 0 Å². The smallest absolute Gasteiger partial charge is 0.268 e. The molecule has 0 aromatic rings. The van der Waals surface area contributed by atoms with Gasteiger partial charge in [0.1, 0.15) is 14.0 Å². The molecule has 11 nitrogen and oxygen atoms in total. The van der Waals surface area contributed by atoms with Crippen LogP contribution in [0.5, 0.6) is 0 Å². The molecule has 2 unspecified atom stereocenters.